The molecule has 20 heavy (non-hydrogen) atoms. The molecule has 1 aliphatic rings. The molecule has 1 atom stereocenters. The summed E-state index contributed by atoms with van der Waals surface area (Å²) in [6.45, 7) is 0.769. The molecular formula is C16H16FNOS. The zero-order valence-electron chi connectivity index (χ0n) is 11.1. The summed E-state index contributed by atoms with van der Waals surface area (Å²) < 4.78 is 13.4. The van der Waals surface area contributed by atoms with Gasteiger partial charge in [-0.25, -0.2) is 4.39 Å². The third-order valence-electron chi connectivity index (χ3n) is 3.71. The van der Waals surface area contributed by atoms with Crippen molar-refractivity contribution in [3.05, 3.63) is 58.0 Å². The molecule has 2 aromatic rings. The minimum absolute atomic E-state index is 0.0261. The van der Waals surface area contributed by atoms with Gasteiger partial charge in [0.2, 0.25) is 5.91 Å². The number of nitrogens with zero attached hydrogens (tertiary/aromatic N) is 1. The Morgan fingerprint density at radius 3 is 3.00 bits per heavy atom. The molecule has 1 fully saturated rings. The Hall–Kier alpha value is -1.68. The lowest BCUT2D eigenvalue weighted by Gasteiger charge is -2.25. The molecular weight excluding hydrogens is 273 g/mol. The highest BCUT2D eigenvalue weighted by Crippen LogP contribution is 2.32. The fraction of sp³-hybridized carbons (Fsp3) is 0.312. The zero-order chi connectivity index (χ0) is 13.9. The molecule has 2 nitrogen and oxygen atoms in total. The first-order valence-corrected chi connectivity index (χ1v) is 7.69. The van der Waals surface area contributed by atoms with E-state index in [1.165, 1.54) is 6.07 Å². The molecule has 0 radical (unpaired) electrons. The van der Waals surface area contributed by atoms with Crippen molar-refractivity contribution in [2.24, 2.45) is 0 Å². The van der Waals surface area contributed by atoms with E-state index in [2.05, 4.69) is 0 Å². The van der Waals surface area contributed by atoms with Crippen LogP contribution < -0.4 is 0 Å². The van der Waals surface area contributed by atoms with Gasteiger partial charge in [-0.2, -0.15) is 0 Å². The van der Waals surface area contributed by atoms with Crippen molar-refractivity contribution < 1.29 is 9.18 Å². The van der Waals surface area contributed by atoms with Gasteiger partial charge in [-0.05, 0) is 42.0 Å². The fourth-order valence-electron chi connectivity index (χ4n) is 2.79. The van der Waals surface area contributed by atoms with Crippen LogP contribution in [0, 0.1) is 5.82 Å². The van der Waals surface area contributed by atoms with Crippen molar-refractivity contribution in [3.8, 4) is 0 Å². The second kappa shape index (κ2) is 5.75. The molecule has 0 spiro atoms. The number of carbonyl (C=O) groups is 1. The van der Waals surface area contributed by atoms with Gasteiger partial charge in [-0.15, -0.1) is 11.3 Å². The van der Waals surface area contributed by atoms with Gasteiger partial charge in [-0.1, -0.05) is 18.2 Å². The van der Waals surface area contributed by atoms with Gasteiger partial charge in [0.25, 0.3) is 0 Å². The van der Waals surface area contributed by atoms with E-state index in [1.54, 1.807) is 23.5 Å². The zero-order valence-corrected chi connectivity index (χ0v) is 11.9. The highest BCUT2D eigenvalue weighted by molar-refractivity contribution is 7.10. The van der Waals surface area contributed by atoms with E-state index in [9.17, 15) is 9.18 Å². The average molecular weight is 289 g/mol. The quantitative estimate of drug-likeness (QED) is 0.841. The number of carbonyl (C=O) groups excluding carboxylic acids is 1. The molecule has 3 rings (SSSR count). The minimum Gasteiger partial charge on any atom is -0.335 e. The summed E-state index contributed by atoms with van der Waals surface area (Å²) in [5, 5.41) is 1.98. The molecule has 0 saturated carbocycles. The van der Waals surface area contributed by atoms with Gasteiger partial charge >= 0.3 is 0 Å². The van der Waals surface area contributed by atoms with Crippen molar-refractivity contribution in [2.45, 2.75) is 25.3 Å². The van der Waals surface area contributed by atoms with Crippen LogP contribution in [0.25, 0.3) is 0 Å². The van der Waals surface area contributed by atoms with Gasteiger partial charge < -0.3 is 4.90 Å². The van der Waals surface area contributed by atoms with E-state index in [4.69, 9.17) is 0 Å². The Morgan fingerprint density at radius 1 is 1.35 bits per heavy atom. The van der Waals surface area contributed by atoms with Gasteiger partial charge in [0.1, 0.15) is 5.82 Å². The molecule has 1 unspecified atom stereocenters. The number of likely N-dealkylation sites (tertiary alicyclic amines) is 1. The van der Waals surface area contributed by atoms with E-state index >= 15 is 0 Å². The molecule has 1 aliphatic heterocycles. The molecule has 1 aromatic carbocycles. The number of halogens is 1. The number of benzene rings is 1. The van der Waals surface area contributed by atoms with Crippen LogP contribution in [0.4, 0.5) is 4.39 Å². The standard InChI is InChI=1S/C16H16FNOS/c17-13-5-1-4-12(10-13)15-7-2-8-18(15)16(19)11-14-6-3-9-20-14/h1,3-6,9-10,15H,2,7-8,11H2. The maximum Gasteiger partial charge on any atom is 0.228 e. The third kappa shape index (κ3) is 2.75. The second-order valence-corrected chi connectivity index (χ2v) is 6.09. The monoisotopic (exact) mass is 289 g/mol. The summed E-state index contributed by atoms with van der Waals surface area (Å²) in [5.74, 6) is -0.0979. The Labute approximate surface area is 121 Å². The lowest BCUT2D eigenvalue weighted by molar-refractivity contribution is -0.131. The smallest absolute Gasteiger partial charge is 0.228 e. The summed E-state index contributed by atoms with van der Waals surface area (Å²) in [6.07, 6.45) is 2.35. The first kappa shape index (κ1) is 13.3. The van der Waals surface area contributed by atoms with Gasteiger partial charge in [0.15, 0.2) is 0 Å². The second-order valence-electron chi connectivity index (χ2n) is 5.06. The summed E-state index contributed by atoms with van der Waals surface area (Å²) in [5.41, 5.74) is 0.905. The van der Waals surface area contributed by atoms with Crippen molar-refractivity contribution in [1.29, 1.82) is 0 Å². The average Bonchev–Trinajstić information content (AvgIpc) is 3.09. The van der Waals surface area contributed by atoms with Crippen LogP contribution in [0.5, 0.6) is 0 Å². The number of hydrogen-bond donors (Lipinski definition) is 0. The molecule has 0 bridgehead atoms. The highest BCUT2D eigenvalue weighted by Gasteiger charge is 2.30. The predicted molar refractivity (Wildman–Crippen MR) is 78.1 cm³/mol. The topological polar surface area (TPSA) is 20.3 Å². The van der Waals surface area contributed by atoms with Crippen LogP contribution in [-0.4, -0.2) is 17.4 Å². The number of rotatable bonds is 3. The lowest BCUT2D eigenvalue weighted by Crippen LogP contribution is -2.31. The molecule has 1 aromatic heterocycles. The predicted octanol–water partition coefficient (Wildman–Crippen LogP) is 3.79. The van der Waals surface area contributed by atoms with Crippen LogP contribution in [0.15, 0.2) is 41.8 Å². The van der Waals surface area contributed by atoms with Crippen molar-refractivity contribution >= 4 is 17.2 Å². The van der Waals surface area contributed by atoms with E-state index in [0.29, 0.717) is 6.42 Å². The largest absolute Gasteiger partial charge is 0.335 e. The summed E-state index contributed by atoms with van der Waals surface area (Å²) in [4.78, 5) is 15.4. The van der Waals surface area contributed by atoms with Crippen LogP contribution in [0.1, 0.15) is 29.3 Å². The van der Waals surface area contributed by atoms with E-state index in [-0.39, 0.29) is 17.8 Å². The molecule has 0 aliphatic carbocycles. The van der Waals surface area contributed by atoms with E-state index in [1.807, 2.05) is 28.5 Å². The van der Waals surface area contributed by atoms with Crippen LogP contribution in [-0.2, 0) is 11.2 Å². The Balaban J connectivity index is 1.77. The number of thiophene rings is 1. The molecule has 0 N–H and O–H groups in total. The van der Waals surface area contributed by atoms with Crippen LogP contribution in [0.3, 0.4) is 0 Å². The highest BCUT2D eigenvalue weighted by atomic mass is 32.1. The van der Waals surface area contributed by atoms with E-state index < -0.39 is 0 Å². The first-order valence-electron chi connectivity index (χ1n) is 6.81. The van der Waals surface area contributed by atoms with E-state index in [0.717, 1.165) is 29.8 Å². The third-order valence-corrected chi connectivity index (χ3v) is 4.59. The normalized spacial score (nSPS) is 18.4. The maximum absolute atomic E-state index is 13.4. The first-order chi connectivity index (χ1) is 9.74. The lowest BCUT2D eigenvalue weighted by atomic mass is 10.0. The number of amides is 1. The summed E-state index contributed by atoms with van der Waals surface area (Å²) in [6, 6.07) is 10.6. The molecule has 104 valence electrons. The van der Waals surface area contributed by atoms with Crippen LogP contribution >= 0.6 is 11.3 Å². The molecule has 1 amide bonds. The molecule has 2 heterocycles. The van der Waals surface area contributed by atoms with Crippen molar-refractivity contribution in [3.63, 3.8) is 0 Å². The van der Waals surface area contributed by atoms with Gasteiger partial charge in [0, 0.05) is 11.4 Å². The van der Waals surface area contributed by atoms with Crippen molar-refractivity contribution in [1.82, 2.24) is 4.90 Å². The summed E-state index contributed by atoms with van der Waals surface area (Å²) >= 11 is 1.60. The number of hydrogen-bond acceptors (Lipinski definition) is 2. The van der Waals surface area contributed by atoms with Crippen molar-refractivity contribution in [2.75, 3.05) is 6.54 Å². The fourth-order valence-corrected chi connectivity index (χ4v) is 3.49. The molecule has 4 heteroatoms. The Kier molecular flexibility index (Phi) is 3.83. The van der Waals surface area contributed by atoms with Gasteiger partial charge in [-0.3, -0.25) is 4.79 Å². The van der Waals surface area contributed by atoms with Crippen LogP contribution in [0.2, 0.25) is 0 Å². The van der Waals surface area contributed by atoms with Gasteiger partial charge in [0.05, 0.1) is 12.5 Å². The SMILES string of the molecule is O=C(Cc1cccs1)N1CCCC1c1cccc(F)c1. The minimum atomic E-state index is -0.236. The summed E-state index contributed by atoms with van der Waals surface area (Å²) in [7, 11) is 0. The maximum atomic E-state index is 13.4. The Morgan fingerprint density at radius 2 is 2.25 bits per heavy atom. The molecule has 1 saturated heterocycles. The Bertz CT molecular complexity index is 596.